The van der Waals surface area contributed by atoms with Crippen LogP contribution in [0.25, 0.3) is 11.1 Å². The summed E-state index contributed by atoms with van der Waals surface area (Å²) in [6.45, 7) is 1.15. The monoisotopic (exact) mass is 469 g/mol. The number of hydrogen-bond donors (Lipinski definition) is 3. The molecule has 1 aliphatic heterocycles. The van der Waals surface area contributed by atoms with Gasteiger partial charge in [-0.05, 0) is 29.3 Å². The Morgan fingerprint density at radius 2 is 1.94 bits per heavy atom. The lowest BCUT2D eigenvalue weighted by Crippen LogP contribution is -2.38. The summed E-state index contributed by atoms with van der Waals surface area (Å²) < 4.78 is 56.9. The number of alkyl halides is 3. The molecule has 0 aromatic heterocycles. The Labute approximate surface area is 187 Å². The number of amides is 2. The number of halogens is 4. The van der Waals surface area contributed by atoms with E-state index in [0.29, 0.717) is 16.8 Å². The zero-order valence-corrected chi connectivity index (χ0v) is 17.7. The minimum atomic E-state index is -4.68. The van der Waals surface area contributed by atoms with Crippen molar-refractivity contribution in [1.82, 2.24) is 10.6 Å². The van der Waals surface area contributed by atoms with Crippen molar-refractivity contribution in [2.75, 3.05) is 24.5 Å². The van der Waals surface area contributed by atoms with Crippen molar-refractivity contribution in [2.24, 2.45) is 0 Å². The van der Waals surface area contributed by atoms with Crippen LogP contribution in [0.15, 0.2) is 42.5 Å². The lowest BCUT2D eigenvalue weighted by atomic mass is 10.0. The molecule has 178 valence electrons. The molecule has 0 bridgehead atoms. The van der Waals surface area contributed by atoms with Gasteiger partial charge in [0.05, 0.1) is 18.8 Å². The van der Waals surface area contributed by atoms with Gasteiger partial charge in [-0.15, -0.1) is 0 Å². The third-order valence-corrected chi connectivity index (χ3v) is 5.03. The van der Waals surface area contributed by atoms with Crippen molar-refractivity contribution < 1.29 is 37.0 Å². The second-order valence-corrected chi connectivity index (χ2v) is 7.60. The summed E-state index contributed by atoms with van der Waals surface area (Å²) in [4.78, 5) is 24.4. The first-order valence-electron chi connectivity index (χ1n) is 10.1. The van der Waals surface area contributed by atoms with Crippen LogP contribution in [0.3, 0.4) is 0 Å². The van der Waals surface area contributed by atoms with Crippen LogP contribution in [0.5, 0.6) is 0 Å². The third-order valence-electron chi connectivity index (χ3n) is 5.03. The minimum Gasteiger partial charge on any atom is -0.442 e. The third kappa shape index (κ3) is 6.42. The fourth-order valence-electron chi connectivity index (χ4n) is 3.27. The Morgan fingerprint density at radius 3 is 2.55 bits per heavy atom. The number of ether oxygens (including phenoxy) is 1. The fourth-order valence-corrected chi connectivity index (χ4v) is 3.27. The molecule has 1 heterocycles. The molecule has 0 spiro atoms. The standard InChI is InChI=1S/C22H23F4N3O4/c1-13(30)28-10-17-12-29(21(32)33-17)16-6-7-18(19(23)8-16)15-4-2-14(3-5-15)9-27-11-20(31)22(24,25)26/h2-8,17,20,27,31H,9-12H2,1H3,(H,28,30). The maximum absolute atomic E-state index is 14.8. The number of anilines is 1. The van der Waals surface area contributed by atoms with Crippen LogP contribution in [-0.4, -0.2) is 55.1 Å². The second-order valence-electron chi connectivity index (χ2n) is 7.60. The zero-order valence-electron chi connectivity index (χ0n) is 17.7. The first-order valence-corrected chi connectivity index (χ1v) is 10.1. The summed E-state index contributed by atoms with van der Waals surface area (Å²) in [5.41, 5.74) is 1.81. The van der Waals surface area contributed by atoms with Gasteiger partial charge < -0.3 is 20.5 Å². The van der Waals surface area contributed by atoms with E-state index in [0.717, 1.165) is 0 Å². The predicted octanol–water partition coefficient (Wildman–Crippen LogP) is 2.97. The molecular formula is C22H23F4N3O4. The molecule has 11 heteroatoms. The molecule has 2 aromatic rings. The summed E-state index contributed by atoms with van der Waals surface area (Å²) in [7, 11) is 0. The van der Waals surface area contributed by atoms with E-state index in [1.165, 1.54) is 24.0 Å². The number of benzene rings is 2. The minimum absolute atomic E-state index is 0.103. The van der Waals surface area contributed by atoms with E-state index in [2.05, 4.69) is 10.6 Å². The van der Waals surface area contributed by atoms with Gasteiger partial charge >= 0.3 is 12.3 Å². The highest BCUT2D eigenvalue weighted by molar-refractivity contribution is 5.90. The lowest BCUT2D eigenvalue weighted by Gasteiger charge is -2.15. The van der Waals surface area contributed by atoms with Gasteiger partial charge in [0.2, 0.25) is 5.91 Å². The molecule has 0 radical (unpaired) electrons. The van der Waals surface area contributed by atoms with Crippen molar-refractivity contribution in [3.8, 4) is 11.1 Å². The number of nitrogens with zero attached hydrogens (tertiary/aromatic N) is 1. The molecule has 1 fully saturated rings. The van der Waals surface area contributed by atoms with Crippen LogP contribution < -0.4 is 15.5 Å². The number of carbonyl (C=O) groups excluding carboxylic acids is 2. The van der Waals surface area contributed by atoms with Crippen LogP contribution in [0.1, 0.15) is 12.5 Å². The average molecular weight is 469 g/mol. The maximum Gasteiger partial charge on any atom is 0.415 e. The van der Waals surface area contributed by atoms with Crippen LogP contribution >= 0.6 is 0 Å². The highest BCUT2D eigenvalue weighted by Crippen LogP contribution is 2.29. The molecule has 3 N–H and O–H groups in total. The molecule has 1 saturated heterocycles. The number of nitrogens with one attached hydrogen (secondary N) is 2. The van der Waals surface area contributed by atoms with E-state index in [9.17, 15) is 27.2 Å². The Kier molecular flexibility index (Phi) is 7.54. The van der Waals surface area contributed by atoms with E-state index in [4.69, 9.17) is 9.84 Å². The first-order chi connectivity index (χ1) is 15.5. The smallest absolute Gasteiger partial charge is 0.415 e. The van der Waals surface area contributed by atoms with Crippen molar-refractivity contribution in [3.05, 3.63) is 53.8 Å². The molecule has 2 atom stereocenters. The van der Waals surface area contributed by atoms with Crippen LogP contribution in [0.2, 0.25) is 0 Å². The van der Waals surface area contributed by atoms with Gasteiger partial charge in [0.15, 0.2) is 6.10 Å². The maximum atomic E-state index is 14.8. The molecule has 0 saturated carbocycles. The van der Waals surface area contributed by atoms with Crippen molar-refractivity contribution >= 4 is 17.7 Å². The second kappa shape index (κ2) is 10.2. The van der Waals surface area contributed by atoms with E-state index in [-0.39, 0.29) is 31.1 Å². The molecule has 33 heavy (non-hydrogen) atoms. The topological polar surface area (TPSA) is 90.9 Å². The van der Waals surface area contributed by atoms with E-state index < -0.39 is 36.8 Å². The predicted molar refractivity (Wildman–Crippen MR) is 112 cm³/mol. The van der Waals surface area contributed by atoms with Crippen LogP contribution in [-0.2, 0) is 16.1 Å². The van der Waals surface area contributed by atoms with Gasteiger partial charge in [-0.1, -0.05) is 24.3 Å². The normalized spacial score (nSPS) is 17.1. The summed E-state index contributed by atoms with van der Waals surface area (Å²) in [6.07, 6.45) is -8.30. The number of cyclic esters (lactones) is 1. The molecule has 2 amide bonds. The summed E-state index contributed by atoms with van der Waals surface area (Å²) in [5, 5.41) is 14.1. The van der Waals surface area contributed by atoms with Crippen LogP contribution in [0.4, 0.5) is 28.0 Å². The van der Waals surface area contributed by atoms with Crippen molar-refractivity contribution in [2.45, 2.75) is 31.9 Å². The van der Waals surface area contributed by atoms with Gasteiger partial charge in [-0.3, -0.25) is 9.69 Å². The first kappa shape index (κ1) is 24.5. The summed E-state index contributed by atoms with van der Waals surface area (Å²) in [6, 6.07) is 10.8. The van der Waals surface area contributed by atoms with E-state index >= 15 is 0 Å². The molecule has 2 unspecified atom stereocenters. The molecule has 7 nitrogen and oxygen atoms in total. The zero-order chi connectivity index (χ0) is 24.2. The largest absolute Gasteiger partial charge is 0.442 e. The molecule has 2 aromatic carbocycles. The average Bonchev–Trinajstić information content (AvgIpc) is 3.12. The number of aliphatic hydroxyl groups is 1. The lowest BCUT2D eigenvalue weighted by molar-refractivity contribution is -0.201. The molecular weight excluding hydrogens is 446 g/mol. The fraction of sp³-hybridized carbons (Fsp3) is 0.364. The molecule has 3 rings (SSSR count). The van der Waals surface area contributed by atoms with Gasteiger partial charge in [-0.25, -0.2) is 9.18 Å². The quantitative estimate of drug-likeness (QED) is 0.518. The van der Waals surface area contributed by atoms with E-state index in [1.54, 1.807) is 30.3 Å². The van der Waals surface area contributed by atoms with Gasteiger partial charge in [0, 0.05) is 25.6 Å². The summed E-state index contributed by atoms with van der Waals surface area (Å²) in [5.74, 6) is -0.814. The Morgan fingerprint density at radius 1 is 1.24 bits per heavy atom. The number of aliphatic hydroxyl groups excluding tert-OH is 1. The summed E-state index contributed by atoms with van der Waals surface area (Å²) >= 11 is 0. The van der Waals surface area contributed by atoms with E-state index in [1.807, 2.05) is 0 Å². The highest BCUT2D eigenvalue weighted by atomic mass is 19.4. The van der Waals surface area contributed by atoms with Crippen molar-refractivity contribution in [3.63, 3.8) is 0 Å². The van der Waals surface area contributed by atoms with Crippen molar-refractivity contribution in [1.29, 1.82) is 0 Å². The molecule has 0 aliphatic carbocycles. The number of hydrogen-bond acceptors (Lipinski definition) is 5. The Balaban J connectivity index is 1.62. The molecule has 1 aliphatic rings. The van der Waals surface area contributed by atoms with Gasteiger partial charge in [0.1, 0.15) is 11.9 Å². The highest BCUT2D eigenvalue weighted by Gasteiger charge is 2.37. The van der Waals surface area contributed by atoms with Gasteiger partial charge in [0.25, 0.3) is 0 Å². The number of carbonyl (C=O) groups is 2. The Hall–Kier alpha value is -3.18. The Bertz CT molecular complexity index is 998. The number of rotatable bonds is 8. The SMILES string of the molecule is CC(=O)NCC1CN(c2ccc(-c3ccc(CNCC(O)C(F)(F)F)cc3)c(F)c2)C(=O)O1. The van der Waals surface area contributed by atoms with Gasteiger partial charge in [-0.2, -0.15) is 13.2 Å². The van der Waals surface area contributed by atoms with Crippen LogP contribution in [0, 0.1) is 5.82 Å².